The maximum atomic E-state index is 4.26. The molecule has 1 aliphatic carbocycles. The van der Waals surface area contributed by atoms with Crippen LogP contribution < -0.4 is 0 Å². The lowest BCUT2D eigenvalue weighted by Gasteiger charge is -2.18. The van der Waals surface area contributed by atoms with E-state index >= 15 is 0 Å². The molecule has 0 N–H and O–H groups in total. The van der Waals surface area contributed by atoms with E-state index in [1.807, 2.05) is 6.92 Å². The summed E-state index contributed by atoms with van der Waals surface area (Å²) >= 11 is 0. The van der Waals surface area contributed by atoms with Crippen molar-refractivity contribution in [2.75, 3.05) is 0 Å². The quantitative estimate of drug-likeness (QED) is 0.527. The molecule has 3 rings (SSSR count). The van der Waals surface area contributed by atoms with Crippen LogP contribution in [-0.4, -0.2) is 0 Å². The van der Waals surface area contributed by atoms with Crippen LogP contribution in [0.25, 0.3) is 17.2 Å². The molecule has 0 amide bonds. The Morgan fingerprint density at radius 3 is 2.28 bits per heavy atom. The lowest BCUT2D eigenvalue weighted by atomic mass is 9.86. The standard InChI is InChI=1S/C25H26/c1-17(2)19(4)14-20(5)22-10-11-25-16-23(12-13-24(25)15-22)21-8-6-18(3)7-9-21/h6-9,12-16H,1,5,10-11H2,2-4H3/b19-14-. The first kappa shape index (κ1) is 17.2. The molecule has 0 spiro atoms. The molecule has 0 aromatic heterocycles. The van der Waals surface area contributed by atoms with Crippen molar-refractivity contribution in [1.82, 2.24) is 0 Å². The molecule has 1 aliphatic rings. The molecule has 126 valence electrons. The zero-order chi connectivity index (χ0) is 18.0. The lowest BCUT2D eigenvalue weighted by Crippen LogP contribution is -2.01. The first-order valence-corrected chi connectivity index (χ1v) is 8.88. The molecule has 0 unspecified atom stereocenters. The molecule has 0 fully saturated rings. The summed E-state index contributed by atoms with van der Waals surface area (Å²) in [5.41, 5.74) is 11.4. The number of allylic oxidation sites excluding steroid dienone is 5. The maximum absolute atomic E-state index is 4.26. The van der Waals surface area contributed by atoms with Gasteiger partial charge in [-0.1, -0.05) is 78.9 Å². The van der Waals surface area contributed by atoms with Crippen LogP contribution >= 0.6 is 0 Å². The third-order valence-electron chi connectivity index (χ3n) is 5.00. The first-order valence-electron chi connectivity index (χ1n) is 8.88. The summed E-state index contributed by atoms with van der Waals surface area (Å²) in [7, 11) is 0. The predicted molar refractivity (Wildman–Crippen MR) is 111 cm³/mol. The first-order chi connectivity index (χ1) is 11.9. The summed E-state index contributed by atoms with van der Waals surface area (Å²) in [4.78, 5) is 0. The Kier molecular flexibility index (Phi) is 4.90. The number of benzene rings is 2. The van der Waals surface area contributed by atoms with Crippen molar-refractivity contribution in [3.05, 3.63) is 101 Å². The van der Waals surface area contributed by atoms with E-state index < -0.39 is 0 Å². The van der Waals surface area contributed by atoms with Gasteiger partial charge in [0.1, 0.15) is 0 Å². The van der Waals surface area contributed by atoms with E-state index in [1.165, 1.54) is 39.0 Å². The molecule has 0 atom stereocenters. The average Bonchev–Trinajstić information content (AvgIpc) is 2.61. The Hall–Kier alpha value is -2.60. The SMILES string of the molecule is C=C(/C=C(/C)C(=C)C)C1=Cc2ccc(-c3ccc(C)cc3)cc2CC1. The van der Waals surface area contributed by atoms with Crippen molar-refractivity contribution in [2.24, 2.45) is 0 Å². The van der Waals surface area contributed by atoms with E-state index in [9.17, 15) is 0 Å². The Bertz CT molecular complexity index is 886. The number of hydrogen-bond donors (Lipinski definition) is 0. The van der Waals surface area contributed by atoms with Crippen LogP contribution in [0.1, 0.15) is 37.0 Å². The largest absolute Gasteiger partial charge is 0.0958 e. The predicted octanol–water partition coefficient (Wildman–Crippen LogP) is 7.07. The highest BCUT2D eigenvalue weighted by Crippen LogP contribution is 2.32. The highest BCUT2D eigenvalue weighted by Gasteiger charge is 2.13. The van der Waals surface area contributed by atoms with Crippen LogP contribution in [-0.2, 0) is 6.42 Å². The Labute approximate surface area is 151 Å². The van der Waals surface area contributed by atoms with Gasteiger partial charge in [0.15, 0.2) is 0 Å². The molecule has 25 heavy (non-hydrogen) atoms. The monoisotopic (exact) mass is 326 g/mol. The summed E-state index contributed by atoms with van der Waals surface area (Å²) in [5, 5.41) is 0. The van der Waals surface area contributed by atoms with Gasteiger partial charge in [-0.3, -0.25) is 0 Å². The van der Waals surface area contributed by atoms with Crippen LogP contribution in [0.3, 0.4) is 0 Å². The van der Waals surface area contributed by atoms with Crippen molar-refractivity contribution >= 4 is 6.08 Å². The normalized spacial score (nSPS) is 13.9. The number of rotatable bonds is 4. The van der Waals surface area contributed by atoms with Gasteiger partial charge in [-0.15, -0.1) is 0 Å². The van der Waals surface area contributed by atoms with Crippen LogP contribution in [0.5, 0.6) is 0 Å². The molecule has 2 aromatic rings. The topological polar surface area (TPSA) is 0 Å². The summed E-state index contributed by atoms with van der Waals surface area (Å²) in [6.07, 6.45) is 6.56. The highest BCUT2D eigenvalue weighted by atomic mass is 14.2. The minimum Gasteiger partial charge on any atom is -0.0958 e. The molecular weight excluding hydrogens is 300 g/mol. The van der Waals surface area contributed by atoms with Gasteiger partial charge in [0.05, 0.1) is 0 Å². The second kappa shape index (κ2) is 7.11. The van der Waals surface area contributed by atoms with E-state index in [-0.39, 0.29) is 0 Å². The fraction of sp³-hybridized carbons (Fsp3) is 0.200. The highest BCUT2D eigenvalue weighted by molar-refractivity contribution is 5.71. The van der Waals surface area contributed by atoms with Gasteiger partial charge in [0.2, 0.25) is 0 Å². The molecule has 0 nitrogen and oxygen atoms in total. The van der Waals surface area contributed by atoms with Gasteiger partial charge >= 0.3 is 0 Å². The average molecular weight is 326 g/mol. The number of fused-ring (bicyclic) bond motifs is 1. The van der Waals surface area contributed by atoms with Crippen molar-refractivity contribution in [3.8, 4) is 11.1 Å². The zero-order valence-electron chi connectivity index (χ0n) is 15.5. The fourth-order valence-electron chi connectivity index (χ4n) is 3.15. The van der Waals surface area contributed by atoms with Crippen molar-refractivity contribution in [3.63, 3.8) is 0 Å². The van der Waals surface area contributed by atoms with Crippen LogP contribution in [0.2, 0.25) is 0 Å². The van der Waals surface area contributed by atoms with Crippen molar-refractivity contribution in [1.29, 1.82) is 0 Å². The van der Waals surface area contributed by atoms with Crippen LogP contribution in [0.15, 0.2) is 84.0 Å². The van der Waals surface area contributed by atoms with Crippen LogP contribution in [0, 0.1) is 6.92 Å². The van der Waals surface area contributed by atoms with E-state index in [0.717, 1.165) is 24.0 Å². The Balaban J connectivity index is 1.88. The van der Waals surface area contributed by atoms with Gasteiger partial charge in [-0.2, -0.15) is 0 Å². The van der Waals surface area contributed by atoms with Gasteiger partial charge in [0, 0.05) is 0 Å². The molecule has 0 saturated heterocycles. The molecule has 0 radical (unpaired) electrons. The maximum Gasteiger partial charge on any atom is -0.0181 e. The summed E-state index contributed by atoms with van der Waals surface area (Å²) < 4.78 is 0. The van der Waals surface area contributed by atoms with Crippen molar-refractivity contribution < 1.29 is 0 Å². The second-order valence-corrected chi connectivity index (χ2v) is 7.08. The second-order valence-electron chi connectivity index (χ2n) is 7.08. The molecule has 0 heterocycles. The van der Waals surface area contributed by atoms with E-state index in [1.54, 1.807) is 0 Å². The van der Waals surface area contributed by atoms with E-state index in [2.05, 4.69) is 81.6 Å². The Morgan fingerprint density at radius 1 is 0.920 bits per heavy atom. The molecule has 0 aliphatic heterocycles. The van der Waals surface area contributed by atoms with E-state index in [0.29, 0.717) is 0 Å². The number of hydrogen-bond acceptors (Lipinski definition) is 0. The molecule has 0 heteroatoms. The van der Waals surface area contributed by atoms with Gasteiger partial charge in [0.25, 0.3) is 0 Å². The minimum absolute atomic E-state index is 1.04. The third-order valence-corrected chi connectivity index (χ3v) is 5.00. The zero-order valence-corrected chi connectivity index (χ0v) is 15.5. The summed E-state index contributed by atoms with van der Waals surface area (Å²) in [5.74, 6) is 0. The molecule has 0 bridgehead atoms. The van der Waals surface area contributed by atoms with Crippen molar-refractivity contribution in [2.45, 2.75) is 33.6 Å². The van der Waals surface area contributed by atoms with Crippen LogP contribution in [0.4, 0.5) is 0 Å². The van der Waals surface area contributed by atoms with Gasteiger partial charge in [-0.05, 0) is 72.6 Å². The number of aryl methyl sites for hydroxylation is 2. The van der Waals surface area contributed by atoms with E-state index in [4.69, 9.17) is 0 Å². The van der Waals surface area contributed by atoms with Gasteiger partial charge in [-0.25, -0.2) is 0 Å². The lowest BCUT2D eigenvalue weighted by molar-refractivity contribution is 0.941. The summed E-state index contributed by atoms with van der Waals surface area (Å²) in [6, 6.07) is 15.6. The molecule has 2 aromatic carbocycles. The molecular formula is C25H26. The smallest absolute Gasteiger partial charge is 0.0181 e. The van der Waals surface area contributed by atoms with Gasteiger partial charge < -0.3 is 0 Å². The summed E-state index contributed by atoms with van der Waals surface area (Å²) in [6.45, 7) is 14.5. The molecule has 0 saturated carbocycles. The minimum atomic E-state index is 1.04. The third kappa shape index (κ3) is 3.91. The Morgan fingerprint density at radius 2 is 1.60 bits per heavy atom. The fourth-order valence-corrected chi connectivity index (χ4v) is 3.15.